The van der Waals surface area contributed by atoms with Crippen LogP contribution in [-0.4, -0.2) is 18.7 Å². The molecule has 0 spiro atoms. The topological polar surface area (TPSA) is 43.4 Å². The Kier molecular flexibility index (Phi) is 3.85. The fourth-order valence-corrected chi connectivity index (χ4v) is 3.64. The first kappa shape index (κ1) is 15.6. The molecule has 0 aromatic heterocycles. The van der Waals surface area contributed by atoms with Gasteiger partial charge in [0.15, 0.2) is 11.6 Å². The van der Waals surface area contributed by atoms with Gasteiger partial charge < -0.3 is 4.74 Å². The third-order valence-electron chi connectivity index (χ3n) is 4.97. The lowest BCUT2D eigenvalue weighted by Crippen LogP contribution is -2.29. The highest BCUT2D eigenvalue weighted by molar-refractivity contribution is 6.20. The van der Waals surface area contributed by atoms with E-state index >= 15 is 0 Å². The molecular formula is C22H18O3. The van der Waals surface area contributed by atoms with Gasteiger partial charge in [0, 0.05) is 11.1 Å². The first-order valence-corrected chi connectivity index (χ1v) is 8.42. The number of hydrogen-bond acceptors (Lipinski definition) is 3. The average molecular weight is 330 g/mol. The largest absolute Gasteiger partial charge is 0.497 e. The van der Waals surface area contributed by atoms with Crippen molar-refractivity contribution in [2.75, 3.05) is 7.11 Å². The monoisotopic (exact) mass is 330 g/mol. The van der Waals surface area contributed by atoms with Gasteiger partial charge >= 0.3 is 0 Å². The molecule has 1 unspecified atom stereocenters. The number of ketones is 2. The number of ether oxygens (including phenoxy) is 1. The Bertz CT molecular complexity index is 982. The third-order valence-corrected chi connectivity index (χ3v) is 4.97. The van der Waals surface area contributed by atoms with Crippen molar-refractivity contribution in [3.05, 3.63) is 77.4 Å². The number of carbonyl (C=O) groups excluding carboxylic acids is 2. The molecule has 1 aliphatic carbocycles. The highest BCUT2D eigenvalue weighted by atomic mass is 16.5. The van der Waals surface area contributed by atoms with Gasteiger partial charge in [0.05, 0.1) is 13.0 Å². The average Bonchev–Trinajstić information content (AvgIpc) is 2.67. The summed E-state index contributed by atoms with van der Waals surface area (Å²) in [5.41, 5.74) is 2.24. The highest BCUT2D eigenvalue weighted by Crippen LogP contribution is 2.32. The Morgan fingerprint density at radius 2 is 1.84 bits per heavy atom. The van der Waals surface area contributed by atoms with Gasteiger partial charge in [-0.25, -0.2) is 0 Å². The Hall–Kier alpha value is -2.94. The lowest BCUT2D eigenvalue weighted by molar-refractivity contribution is 0.0791. The van der Waals surface area contributed by atoms with E-state index in [9.17, 15) is 9.59 Å². The van der Waals surface area contributed by atoms with Crippen LogP contribution in [0.4, 0.5) is 0 Å². The zero-order chi connectivity index (χ0) is 17.4. The second-order valence-electron chi connectivity index (χ2n) is 6.37. The Morgan fingerprint density at radius 3 is 2.68 bits per heavy atom. The molecule has 0 saturated carbocycles. The molecule has 124 valence electrons. The Morgan fingerprint density at radius 1 is 1.04 bits per heavy atom. The molecule has 3 heteroatoms. The Labute approximate surface area is 146 Å². The molecule has 1 aliphatic rings. The van der Waals surface area contributed by atoms with Gasteiger partial charge in [0.25, 0.3) is 0 Å². The van der Waals surface area contributed by atoms with Crippen LogP contribution >= 0.6 is 0 Å². The maximum absolute atomic E-state index is 13.1. The molecule has 0 bridgehead atoms. The quantitative estimate of drug-likeness (QED) is 0.525. The number of rotatable bonds is 3. The molecule has 0 heterocycles. The number of methoxy groups -OCH3 is 1. The van der Waals surface area contributed by atoms with Gasteiger partial charge in [-0.2, -0.15) is 0 Å². The zero-order valence-corrected chi connectivity index (χ0v) is 14.0. The van der Waals surface area contributed by atoms with E-state index in [1.54, 1.807) is 19.2 Å². The minimum absolute atomic E-state index is 0.0803. The van der Waals surface area contributed by atoms with Crippen molar-refractivity contribution in [1.29, 1.82) is 0 Å². The van der Waals surface area contributed by atoms with Crippen LogP contribution in [0, 0.1) is 5.92 Å². The molecule has 3 aromatic carbocycles. The van der Waals surface area contributed by atoms with Gasteiger partial charge in [-0.15, -0.1) is 0 Å². The summed E-state index contributed by atoms with van der Waals surface area (Å²) in [6.07, 6.45) is 1.25. The molecule has 0 N–H and O–H groups in total. The number of fused-ring (bicyclic) bond motifs is 2. The second kappa shape index (κ2) is 6.17. The van der Waals surface area contributed by atoms with Crippen molar-refractivity contribution in [1.82, 2.24) is 0 Å². The van der Waals surface area contributed by atoms with Crippen molar-refractivity contribution in [3.8, 4) is 5.75 Å². The van der Waals surface area contributed by atoms with Gasteiger partial charge in [0.1, 0.15) is 5.75 Å². The predicted octanol–water partition coefficient (Wildman–Crippen LogP) is 4.48. The molecule has 1 atom stereocenters. The van der Waals surface area contributed by atoms with E-state index in [4.69, 9.17) is 4.74 Å². The third kappa shape index (κ3) is 2.62. The minimum atomic E-state index is -0.605. The molecule has 0 amide bonds. The summed E-state index contributed by atoms with van der Waals surface area (Å²) in [6.45, 7) is 0. The highest BCUT2D eigenvalue weighted by Gasteiger charge is 2.33. The van der Waals surface area contributed by atoms with Gasteiger partial charge in [0.2, 0.25) is 0 Å². The molecule has 25 heavy (non-hydrogen) atoms. The van der Waals surface area contributed by atoms with E-state index in [0.717, 1.165) is 22.1 Å². The van der Waals surface area contributed by atoms with Gasteiger partial charge in [-0.3, -0.25) is 9.59 Å². The maximum atomic E-state index is 13.1. The van der Waals surface area contributed by atoms with Crippen LogP contribution in [0.15, 0.2) is 60.7 Å². The van der Waals surface area contributed by atoms with Crippen molar-refractivity contribution in [3.63, 3.8) is 0 Å². The lowest BCUT2D eigenvalue weighted by Gasteiger charge is -2.23. The van der Waals surface area contributed by atoms with E-state index < -0.39 is 5.92 Å². The molecular weight excluding hydrogens is 312 g/mol. The van der Waals surface area contributed by atoms with Crippen LogP contribution in [-0.2, 0) is 6.42 Å². The van der Waals surface area contributed by atoms with Crippen LogP contribution < -0.4 is 4.74 Å². The molecule has 4 rings (SSSR count). The molecule has 0 saturated heterocycles. The normalized spacial score (nSPS) is 16.5. The summed E-state index contributed by atoms with van der Waals surface area (Å²) >= 11 is 0. The first-order chi connectivity index (χ1) is 12.2. The van der Waals surface area contributed by atoms with E-state index in [1.807, 2.05) is 48.5 Å². The number of aryl methyl sites for hydroxylation is 1. The SMILES string of the molecule is COc1ccc2c(c1)CCC(C(=O)c1cccc3ccccc13)C2=O. The maximum Gasteiger partial charge on any atom is 0.174 e. The van der Waals surface area contributed by atoms with Crippen LogP contribution in [0.25, 0.3) is 10.8 Å². The lowest BCUT2D eigenvalue weighted by atomic mass is 9.78. The molecule has 3 aromatic rings. The first-order valence-electron chi connectivity index (χ1n) is 8.42. The zero-order valence-electron chi connectivity index (χ0n) is 14.0. The summed E-state index contributed by atoms with van der Waals surface area (Å²) in [5, 5.41) is 1.92. The summed E-state index contributed by atoms with van der Waals surface area (Å²) in [6, 6.07) is 18.9. The van der Waals surface area contributed by atoms with Crippen LogP contribution in [0.1, 0.15) is 32.7 Å². The number of hydrogen-bond donors (Lipinski definition) is 0. The van der Waals surface area contributed by atoms with Crippen LogP contribution in [0.2, 0.25) is 0 Å². The number of benzene rings is 3. The van der Waals surface area contributed by atoms with Gasteiger partial charge in [-0.1, -0.05) is 42.5 Å². The van der Waals surface area contributed by atoms with Crippen molar-refractivity contribution in [2.24, 2.45) is 5.92 Å². The smallest absolute Gasteiger partial charge is 0.174 e. The second-order valence-corrected chi connectivity index (χ2v) is 6.37. The van der Waals surface area contributed by atoms with Gasteiger partial charge in [-0.05, 0) is 47.4 Å². The summed E-state index contributed by atoms with van der Waals surface area (Å²) < 4.78 is 5.23. The van der Waals surface area contributed by atoms with E-state index in [0.29, 0.717) is 24.0 Å². The van der Waals surface area contributed by atoms with Crippen molar-refractivity contribution < 1.29 is 14.3 Å². The predicted molar refractivity (Wildman–Crippen MR) is 97.4 cm³/mol. The summed E-state index contributed by atoms with van der Waals surface area (Å²) in [5.74, 6) is -0.0258. The fraction of sp³-hybridized carbons (Fsp3) is 0.182. The number of Topliss-reactive ketones (excluding diaryl/α,β-unsaturated/α-hetero) is 2. The minimum Gasteiger partial charge on any atom is -0.497 e. The van der Waals surface area contributed by atoms with Crippen molar-refractivity contribution >= 4 is 22.3 Å². The molecule has 0 fully saturated rings. The van der Waals surface area contributed by atoms with E-state index in [1.165, 1.54) is 0 Å². The van der Waals surface area contributed by atoms with E-state index in [2.05, 4.69) is 0 Å². The van der Waals surface area contributed by atoms with Crippen molar-refractivity contribution in [2.45, 2.75) is 12.8 Å². The number of carbonyl (C=O) groups is 2. The fourth-order valence-electron chi connectivity index (χ4n) is 3.64. The Balaban J connectivity index is 1.72. The van der Waals surface area contributed by atoms with E-state index in [-0.39, 0.29) is 11.6 Å². The summed E-state index contributed by atoms with van der Waals surface area (Å²) in [7, 11) is 1.61. The van der Waals surface area contributed by atoms with Crippen LogP contribution in [0.5, 0.6) is 5.75 Å². The molecule has 0 aliphatic heterocycles. The van der Waals surface area contributed by atoms with Crippen LogP contribution in [0.3, 0.4) is 0 Å². The molecule has 3 nitrogen and oxygen atoms in total. The standard InChI is InChI=1S/C22H18O3/c1-25-16-10-12-18-15(13-16)9-11-20(21(18)23)22(24)19-8-4-6-14-5-2-3-7-17(14)19/h2-8,10,12-13,20H,9,11H2,1H3. The molecule has 0 radical (unpaired) electrons. The summed E-state index contributed by atoms with van der Waals surface area (Å²) in [4.78, 5) is 26.0.